The first-order chi connectivity index (χ1) is 19.4. The highest BCUT2D eigenvalue weighted by molar-refractivity contribution is 7.92. The molecule has 0 heterocycles. The third kappa shape index (κ3) is 6.93. The number of rotatable bonds is 8. The Bertz CT molecular complexity index is 1640. The molecule has 0 aromatic heterocycles. The number of anilines is 3. The lowest BCUT2D eigenvalue weighted by Crippen LogP contribution is -2.26. The number of sulfonamides is 1. The molecule has 4 aromatic rings. The number of carbonyl (C=O) groups is 2. The number of benzene rings is 4. The zero-order valence-corrected chi connectivity index (χ0v) is 24.5. The Morgan fingerprint density at radius 3 is 1.68 bits per heavy atom. The molecule has 0 atom stereocenters. The third-order valence-corrected chi connectivity index (χ3v) is 8.40. The van der Waals surface area contributed by atoms with Crippen LogP contribution < -0.4 is 19.7 Å². The summed E-state index contributed by atoms with van der Waals surface area (Å²) in [4.78, 5) is 25.8. The second kappa shape index (κ2) is 11.9. The van der Waals surface area contributed by atoms with Crippen molar-refractivity contribution in [2.45, 2.75) is 31.1 Å². The van der Waals surface area contributed by atoms with Crippen molar-refractivity contribution >= 4 is 38.9 Å². The lowest BCUT2D eigenvalue weighted by atomic mass is 9.87. The predicted octanol–water partition coefficient (Wildman–Crippen LogP) is 6.32. The summed E-state index contributed by atoms with van der Waals surface area (Å²) in [5.74, 6) is -0.0718. The Morgan fingerprint density at radius 2 is 1.22 bits per heavy atom. The van der Waals surface area contributed by atoms with E-state index in [1.165, 1.54) is 26.3 Å². The Balaban J connectivity index is 1.41. The summed E-state index contributed by atoms with van der Waals surface area (Å²) in [6, 6.07) is 26.7. The van der Waals surface area contributed by atoms with Crippen LogP contribution in [0.2, 0.25) is 0 Å². The summed E-state index contributed by atoms with van der Waals surface area (Å²) in [5.41, 5.74) is 3.44. The number of nitrogens with one attached hydrogen (secondary N) is 2. The third-order valence-electron chi connectivity index (χ3n) is 6.60. The van der Waals surface area contributed by atoms with E-state index >= 15 is 0 Å². The van der Waals surface area contributed by atoms with Gasteiger partial charge in [0.15, 0.2) is 0 Å². The summed E-state index contributed by atoms with van der Waals surface area (Å²) >= 11 is 0. The van der Waals surface area contributed by atoms with Gasteiger partial charge in [-0.15, -0.1) is 0 Å². The Hall–Kier alpha value is -4.63. The molecule has 0 aliphatic heterocycles. The summed E-state index contributed by atoms with van der Waals surface area (Å²) in [6.45, 7) is 6.34. The van der Waals surface area contributed by atoms with Crippen molar-refractivity contribution in [1.29, 1.82) is 0 Å². The molecule has 41 heavy (non-hydrogen) atoms. The van der Waals surface area contributed by atoms with Crippen LogP contribution in [0, 0.1) is 0 Å². The van der Waals surface area contributed by atoms with Crippen LogP contribution >= 0.6 is 0 Å². The topological polar surface area (TPSA) is 105 Å². The van der Waals surface area contributed by atoms with E-state index in [-0.39, 0.29) is 22.1 Å². The van der Waals surface area contributed by atoms with Crippen LogP contribution in [0.5, 0.6) is 5.75 Å². The van der Waals surface area contributed by atoms with Gasteiger partial charge >= 0.3 is 0 Å². The largest absolute Gasteiger partial charge is 0.497 e. The Labute approximate surface area is 241 Å². The SMILES string of the molecule is COc1ccc(S(=O)(=O)N(C)c2ccc(C(=O)Nc3cccc(NC(=O)c4ccc(C(C)(C)C)cc4)c3)cc2)cc1. The van der Waals surface area contributed by atoms with E-state index < -0.39 is 10.0 Å². The molecule has 212 valence electrons. The van der Waals surface area contributed by atoms with Crippen LogP contribution in [0.1, 0.15) is 47.1 Å². The van der Waals surface area contributed by atoms with E-state index in [4.69, 9.17) is 4.74 Å². The van der Waals surface area contributed by atoms with E-state index in [0.717, 1.165) is 9.87 Å². The summed E-state index contributed by atoms with van der Waals surface area (Å²) in [7, 11) is -0.838. The highest BCUT2D eigenvalue weighted by Gasteiger charge is 2.22. The molecule has 4 rings (SSSR count). The van der Waals surface area contributed by atoms with Gasteiger partial charge in [-0.3, -0.25) is 13.9 Å². The van der Waals surface area contributed by atoms with Crippen molar-refractivity contribution in [3.8, 4) is 5.75 Å². The predicted molar refractivity (Wildman–Crippen MR) is 163 cm³/mol. The van der Waals surface area contributed by atoms with Crippen LogP contribution in [0.25, 0.3) is 0 Å². The summed E-state index contributed by atoms with van der Waals surface area (Å²) in [5, 5.41) is 5.68. The molecule has 2 amide bonds. The van der Waals surface area contributed by atoms with Crippen LogP contribution in [-0.2, 0) is 15.4 Å². The maximum Gasteiger partial charge on any atom is 0.264 e. The molecule has 0 aliphatic carbocycles. The fourth-order valence-electron chi connectivity index (χ4n) is 4.07. The molecule has 0 spiro atoms. The van der Waals surface area contributed by atoms with Crippen LogP contribution in [-0.4, -0.2) is 34.4 Å². The molecule has 0 radical (unpaired) electrons. The molecule has 0 aliphatic rings. The minimum absolute atomic E-state index is 0.00719. The molecular formula is C32H33N3O5S. The zero-order chi connectivity index (χ0) is 29.8. The van der Waals surface area contributed by atoms with Gasteiger partial charge in [-0.05, 0) is 89.8 Å². The van der Waals surface area contributed by atoms with E-state index in [0.29, 0.717) is 33.9 Å². The number of amides is 2. The van der Waals surface area contributed by atoms with Gasteiger partial charge in [0.2, 0.25) is 0 Å². The number of nitrogens with zero attached hydrogens (tertiary/aromatic N) is 1. The molecule has 2 N–H and O–H groups in total. The fraction of sp³-hybridized carbons (Fsp3) is 0.188. The van der Waals surface area contributed by atoms with Crippen LogP contribution in [0.3, 0.4) is 0 Å². The molecule has 0 unspecified atom stereocenters. The van der Waals surface area contributed by atoms with Gasteiger partial charge in [0.1, 0.15) is 5.75 Å². The lowest BCUT2D eigenvalue weighted by Gasteiger charge is -2.20. The average Bonchev–Trinajstić information content (AvgIpc) is 2.96. The number of hydrogen-bond acceptors (Lipinski definition) is 5. The van der Waals surface area contributed by atoms with Crippen molar-refractivity contribution in [3.63, 3.8) is 0 Å². The van der Waals surface area contributed by atoms with E-state index in [1.54, 1.807) is 72.8 Å². The highest BCUT2D eigenvalue weighted by atomic mass is 32.2. The van der Waals surface area contributed by atoms with E-state index in [9.17, 15) is 18.0 Å². The number of ether oxygens (including phenoxy) is 1. The Morgan fingerprint density at radius 1 is 0.732 bits per heavy atom. The van der Waals surface area contributed by atoms with E-state index in [1.807, 2.05) is 12.1 Å². The molecule has 4 aromatic carbocycles. The molecule has 0 fully saturated rings. The zero-order valence-electron chi connectivity index (χ0n) is 23.6. The second-order valence-electron chi connectivity index (χ2n) is 10.5. The second-order valence-corrected chi connectivity index (χ2v) is 12.5. The van der Waals surface area contributed by atoms with Gasteiger partial charge in [0, 0.05) is 29.5 Å². The van der Waals surface area contributed by atoms with Gasteiger partial charge in [-0.25, -0.2) is 8.42 Å². The van der Waals surface area contributed by atoms with Gasteiger partial charge in [-0.1, -0.05) is 39.0 Å². The molecule has 8 nitrogen and oxygen atoms in total. The monoisotopic (exact) mass is 571 g/mol. The van der Waals surface area contributed by atoms with Gasteiger partial charge < -0.3 is 15.4 Å². The lowest BCUT2D eigenvalue weighted by molar-refractivity contribution is 0.101. The number of methoxy groups -OCH3 is 1. The first-order valence-corrected chi connectivity index (χ1v) is 14.4. The van der Waals surface area contributed by atoms with Crippen molar-refractivity contribution in [2.75, 3.05) is 29.1 Å². The average molecular weight is 572 g/mol. The molecule has 9 heteroatoms. The minimum atomic E-state index is -3.80. The quantitative estimate of drug-likeness (QED) is 0.257. The first kappa shape index (κ1) is 29.4. The van der Waals surface area contributed by atoms with Crippen molar-refractivity contribution in [2.24, 2.45) is 0 Å². The molecular weight excluding hydrogens is 538 g/mol. The molecule has 0 saturated heterocycles. The van der Waals surface area contributed by atoms with Gasteiger partial charge in [0.25, 0.3) is 21.8 Å². The van der Waals surface area contributed by atoms with E-state index in [2.05, 4.69) is 31.4 Å². The maximum atomic E-state index is 13.0. The fourth-order valence-corrected chi connectivity index (χ4v) is 5.27. The number of carbonyl (C=O) groups excluding carboxylic acids is 2. The van der Waals surface area contributed by atoms with Crippen LogP contribution in [0.4, 0.5) is 17.1 Å². The van der Waals surface area contributed by atoms with Gasteiger partial charge in [-0.2, -0.15) is 0 Å². The number of hydrogen-bond donors (Lipinski definition) is 2. The van der Waals surface area contributed by atoms with Crippen LogP contribution in [0.15, 0.2) is 102 Å². The Kier molecular flexibility index (Phi) is 8.49. The smallest absolute Gasteiger partial charge is 0.264 e. The first-order valence-electron chi connectivity index (χ1n) is 12.9. The van der Waals surface area contributed by atoms with Crippen molar-refractivity contribution in [1.82, 2.24) is 0 Å². The normalized spacial score (nSPS) is 11.4. The standard InChI is InChI=1S/C32H33N3O5S/c1-32(2,3)24-13-9-22(10-14-24)30(36)33-25-7-6-8-26(21-25)34-31(37)23-11-15-27(16-12-23)35(4)41(38,39)29-19-17-28(40-5)18-20-29/h6-21H,1-5H3,(H,33,36)(H,34,37). The highest BCUT2D eigenvalue weighted by Crippen LogP contribution is 2.25. The maximum absolute atomic E-state index is 13.0. The summed E-state index contributed by atoms with van der Waals surface area (Å²) in [6.07, 6.45) is 0. The molecule has 0 bridgehead atoms. The van der Waals surface area contributed by atoms with Crippen molar-refractivity contribution < 1.29 is 22.7 Å². The van der Waals surface area contributed by atoms with Gasteiger partial charge in [0.05, 0.1) is 17.7 Å². The summed E-state index contributed by atoms with van der Waals surface area (Å²) < 4.78 is 32.3. The minimum Gasteiger partial charge on any atom is -0.497 e. The molecule has 0 saturated carbocycles. The van der Waals surface area contributed by atoms with Crippen molar-refractivity contribution in [3.05, 3.63) is 114 Å².